The Morgan fingerprint density at radius 3 is 2.21 bits per heavy atom. The van der Waals surface area contributed by atoms with Crippen molar-refractivity contribution in [2.45, 2.75) is 126 Å². The first-order chi connectivity index (χ1) is 15.8. The quantitative estimate of drug-likeness (QED) is 0.297. The van der Waals surface area contributed by atoms with Gasteiger partial charge in [0.15, 0.2) is 0 Å². The molecule has 4 rings (SSSR count). The standard InChI is InChI=1S/C32H52O2/c1-21(2)11-10-12-22(3)24-15-19-31(8)25(24)13-14-27-30(7)18-17-28(34-23(4)33)29(5,6)26(30)16-20-32(27,31)9/h11,24-28H,3,10,12-20H2,1-2,4-9H3/t24-,25-,26-,27-,28+,30+,31-,32-/m1/s1. The van der Waals surface area contributed by atoms with Crippen molar-refractivity contribution < 1.29 is 9.53 Å². The molecule has 0 N–H and O–H groups in total. The van der Waals surface area contributed by atoms with E-state index >= 15 is 0 Å². The van der Waals surface area contributed by atoms with Gasteiger partial charge in [0.05, 0.1) is 0 Å². The Labute approximate surface area is 210 Å². The van der Waals surface area contributed by atoms with E-state index in [4.69, 9.17) is 4.74 Å². The number of carbonyl (C=O) groups excluding carboxylic acids is 1. The van der Waals surface area contributed by atoms with E-state index in [2.05, 4.69) is 61.1 Å². The van der Waals surface area contributed by atoms with Gasteiger partial charge in [0.25, 0.3) is 0 Å². The zero-order valence-corrected chi connectivity index (χ0v) is 23.6. The molecule has 0 aromatic rings. The first-order valence-electron chi connectivity index (χ1n) is 14.3. The summed E-state index contributed by atoms with van der Waals surface area (Å²) in [5, 5.41) is 0. The molecule has 8 atom stereocenters. The lowest BCUT2D eigenvalue weighted by atomic mass is 9.35. The molecule has 34 heavy (non-hydrogen) atoms. The molecule has 0 unspecified atom stereocenters. The van der Waals surface area contributed by atoms with Crippen LogP contribution in [0.5, 0.6) is 0 Å². The van der Waals surface area contributed by atoms with Gasteiger partial charge in [-0.3, -0.25) is 4.79 Å². The van der Waals surface area contributed by atoms with Gasteiger partial charge < -0.3 is 4.74 Å². The third-order valence-electron chi connectivity index (χ3n) is 12.2. The fourth-order valence-corrected chi connectivity index (χ4v) is 10.4. The average Bonchev–Trinajstić information content (AvgIpc) is 3.08. The number of ether oxygens (including phenoxy) is 1. The maximum atomic E-state index is 11.8. The van der Waals surface area contributed by atoms with Crippen molar-refractivity contribution in [1.82, 2.24) is 0 Å². The van der Waals surface area contributed by atoms with Gasteiger partial charge in [0.2, 0.25) is 0 Å². The van der Waals surface area contributed by atoms with E-state index in [-0.39, 0.29) is 17.5 Å². The van der Waals surface area contributed by atoms with Crippen LogP contribution in [0.15, 0.2) is 23.8 Å². The maximum Gasteiger partial charge on any atom is 0.302 e. The minimum Gasteiger partial charge on any atom is -0.462 e. The Morgan fingerprint density at radius 1 is 0.882 bits per heavy atom. The van der Waals surface area contributed by atoms with Crippen LogP contribution in [0.25, 0.3) is 0 Å². The van der Waals surface area contributed by atoms with Crippen molar-refractivity contribution in [2.24, 2.45) is 45.3 Å². The molecule has 0 aliphatic heterocycles. The Kier molecular flexibility index (Phi) is 6.74. The average molecular weight is 469 g/mol. The molecular weight excluding hydrogens is 416 g/mol. The van der Waals surface area contributed by atoms with E-state index in [1.165, 1.54) is 56.1 Å². The largest absolute Gasteiger partial charge is 0.462 e. The van der Waals surface area contributed by atoms with Crippen molar-refractivity contribution in [2.75, 3.05) is 0 Å². The lowest BCUT2D eigenvalue weighted by Crippen LogP contribution is -2.64. The molecule has 0 amide bonds. The molecule has 4 saturated carbocycles. The summed E-state index contributed by atoms with van der Waals surface area (Å²) in [4.78, 5) is 11.8. The highest BCUT2D eigenvalue weighted by Gasteiger charge is 2.68. The molecule has 0 radical (unpaired) electrons. The van der Waals surface area contributed by atoms with Crippen molar-refractivity contribution in [3.63, 3.8) is 0 Å². The summed E-state index contributed by atoms with van der Waals surface area (Å²) in [6.45, 7) is 23.4. The Hall–Kier alpha value is -1.05. The summed E-state index contributed by atoms with van der Waals surface area (Å²) in [6.07, 6.45) is 15.1. The van der Waals surface area contributed by atoms with E-state index in [0.29, 0.717) is 22.2 Å². The van der Waals surface area contributed by atoms with E-state index in [1.54, 1.807) is 6.92 Å². The van der Waals surface area contributed by atoms with Crippen LogP contribution in [-0.2, 0) is 9.53 Å². The zero-order valence-electron chi connectivity index (χ0n) is 23.6. The first-order valence-corrected chi connectivity index (χ1v) is 14.3. The molecule has 0 saturated heterocycles. The minimum atomic E-state index is -0.114. The monoisotopic (exact) mass is 468 g/mol. The van der Waals surface area contributed by atoms with Gasteiger partial charge >= 0.3 is 5.97 Å². The van der Waals surface area contributed by atoms with Gasteiger partial charge in [0, 0.05) is 12.3 Å². The predicted octanol–water partition coefficient (Wildman–Crippen LogP) is 8.91. The molecule has 4 aliphatic carbocycles. The highest BCUT2D eigenvalue weighted by Crippen LogP contribution is 2.75. The Morgan fingerprint density at radius 2 is 1.56 bits per heavy atom. The van der Waals surface area contributed by atoms with Crippen LogP contribution in [0.1, 0.15) is 120 Å². The molecule has 192 valence electrons. The third-order valence-corrected chi connectivity index (χ3v) is 12.2. The van der Waals surface area contributed by atoms with Gasteiger partial charge in [-0.2, -0.15) is 0 Å². The first kappa shape index (κ1) is 26.0. The van der Waals surface area contributed by atoms with Gasteiger partial charge in [-0.05, 0) is 118 Å². The highest BCUT2D eigenvalue weighted by atomic mass is 16.5. The SMILES string of the molecule is C=C(CCC=C(C)C)[C@H]1CC[C@]2(C)[C@@H]1CC[C@@H]1[C@@]3(C)CC[C@H](OC(C)=O)C(C)(C)[C@H]3CC[C@]12C. The molecule has 0 heterocycles. The number of esters is 1. The van der Waals surface area contributed by atoms with E-state index in [9.17, 15) is 4.79 Å². The van der Waals surface area contributed by atoms with Gasteiger partial charge in [-0.15, -0.1) is 0 Å². The molecule has 0 aromatic carbocycles. The molecule has 4 aliphatic rings. The van der Waals surface area contributed by atoms with Gasteiger partial charge in [0.1, 0.15) is 6.10 Å². The van der Waals surface area contributed by atoms with E-state index in [1.807, 2.05) is 0 Å². The van der Waals surface area contributed by atoms with Gasteiger partial charge in [-0.1, -0.05) is 58.4 Å². The number of rotatable bonds is 5. The lowest BCUT2D eigenvalue weighted by Gasteiger charge is -2.70. The second kappa shape index (κ2) is 8.81. The number of carbonyl (C=O) groups is 1. The number of hydrogen-bond donors (Lipinski definition) is 0. The highest BCUT2D eigenvalue weighted by molar-refractivity contribution is 5.66. The number of fused-ring (bicyclic) bond motifs is 5. The van der Waals surface area contributed by atoms with Crippen LogP contribution in [0.4, 0.5) is 0 Å². The predicted molar refractivity (Wildman–Crippen MR) is 142 cm³/mol. The fourth-order valence-electron chi connectivity index (χ4n) is 10.4. The minimum absolute atomic E-state index is 0.0508. The second-order valence-electron chi connectivity index (χ2n) is 14.3. The van der Waals surface area contributed by atoms with Crippen LogP contribution >= 0.6 is 0 Å². The van der Waals surface area contributed by atoms with Crippen molar-refractivity contribution >= 4 is 5.97 Å². The topological polar surface area (TPSA) is 26.3 Å². The molecular formula is C32H52O2. The van der Waals surface area contributed by atoms with Gasteiger partial charge in [-0.25, -0.2) is 0 Å². The summed E-state index contributed by atoms with van der Waals surface area (Å²) >= 11 is 0. The van der Waals surface area contributed by atoms with Crippen LogP contribution in [0, 0.1) is 45.3 Å². The fraction of sp³-hybridized carbons (Fsp3) is 0.844. The van der Waals surface area contributed by atoms with E-state index in [0.717, 1.165) is 37.0 Å². The Bertz CT molecular complexity index is 847. The summed E-state index contributed by atoms with van der Waals surface area (Å²) in [6, 6.07) is 0. The number of allylic oxidation sites excluding steroid dienone is 3. The molecule has 0 aromatic heterocycles. The van der Waals surface area contributed by atoms with Crippen molar-refractivity contribution in [1.29, 1.82) is 0 Å². The van der Waals surface area contributed by atoms with Crippen LogP contribution < -0.4 is 0 Å². The molecule has 2 heteroatoms. The van der Waals surface area contributed by atoms with Crippen LogP contribution in [-0.4, -0.2) is 12.1 Å². The zero-order chi connectivity index (χ0) is 25.1. The smallest absolute Gasteiger partial charge is 0.302 e. The lowest BCUT2D eigenvalue weighted by molar-refractivity contribution is -0.226. The van der Waals surface area contributed by atoms with Crippen LogP contribution in [0.2, 0.25) is 0 Å². The molecule has 4 fully saturated rings. The summed E-state index contributed by atoms with van der Waals surface area (Å²) < 4.78 is 5.89. The second-order valence-corrected chi connectivity index (χ2v) is 14.3. The number of hydrogen-bond acceptors (Lipinski definition) is 2. The molecule has 0 spiro atoms. The summed E-state index contributed by atoms with van der Waals surface area (Å²) in [7, 11) is 0. The van der Waals surface area contributed by atoms with E-state index < -0.39 is 0 Å². The van der Waals surface area contributed by atoms with Crippen LogP contribution in [0.3, 0.4) is 0 Å². The molecule has 2 nitrogen and oxygen atoms in total. The summed E-state index contributed by atoms with van der Waals surface area (Å²) in [5.41, 5.74) is 4.17. The maximum absolute atomic E-state index is 11.8. The van der Waals surface area contributed by atoms with Crippen molar-refractivity contribution in [3.8, 4) is 0 Å². The normalized spacial score (nSPS) is 44.9. The Balaban J connectivity index is 1.57. The summed E-state index contributed by atoms with van der Waals surface area (Å²) in [5.74, 6) is 2.81. The van der Waals surface area contributed by atoms with Crippen molar-refractivity contribution in [3.05, 3.63) is 23.8 Å². The third kappa shape index (κ3) is 3.85. The molecule has 0 bridgehead atoms.